The Bertz CT molecular complexity index is 1060. The van der Waals surface area contributed by atoms with E-state index < -0.39 is 55.0 Å². The fourth-order valence-corrected chi connectivity index (χ4v) is 3.75. The maximum absolute atomic E-state index is 13.5. The summed E-state index contributed by atoms with van der Waals surface area (Å²) >= 11 is 3.26. The number of nitrogens with one attached hydrogen (secondary N) is 1. The molecule has 1 atom stereocenters. The molecule has 1 aromatic carbocycles. The Morgan fingerprint density at radius 1 is 1.25 bits per heavy atom. The van der Waals surface area contributed by atoms with Gasteiger partial charge >= 0.3 is 6.18 Å². The molecule has 0 unspecified atom stereocenters. The molecule has 1 aliphatic heterocycles. The molecule has 1 saturated heterocycles. The summed E-state index contributed by atoms with van der Waals surface area (Å²) in [5.74, 6) is -4.60. The zero-order valence-electron chi connectivity index (χ0n) is 16.3. The summed E-state index contributed by atoms with van der Waals surface area (Å²) in [7, 11) is 0. The van der Waals surface area contributed by atoms with E-state index in [1.165, 1.54) is 24.4 Å². The SMILES string of the molecule is N#C[C@@H]1CC(F)(F)CN1C(=O)CNC(=O)c1cc(Br)n(Cc2ccc(C(F)(F)F)cc2)c1. The summed E-state index contributed by atoms with van der Waals surface area (Å²) < 4.78 is 67.0. The second-order valence-corrected chi connectivity index (χ2v) is 8.10. The van der Waals surface area contributed by atoms with Crippen molar-refractivity contribution in [2.24, 2.45) is 0 Å². The molecule has 0 saturated carbocycles. The minimum atomic E-state index is -4.44. The van der Waals surface area contributed by atoms with E-state index in [2.05, 4.69) is 21.2 Å². The fourth-order valence-electron chi connectivity index (χ4n) is 3.27. The summed E-state index contributed by atoms with van der Waals surface area (Å²) in [6, 6.07) is 6.42. The first-order chi connectivity index (χ1) is 14.9. The van der Waals surface area contributed by atoms with Crippen LogP contribution in [0.15, 0.2) is 41.1 Å². The highest BCUT2D eigenvalue weighted by Gasteiger charge is 2.47. The topological polar surface area (TPSA) is 78.1 Å². The van der Waals surface area contributed by atoms with Gasteiger partial charge in [-0.25, -0.2) is 8.78 Å². The van der Waals surface area contributed by atoms with Crippen molar-refractivity contribution in [3.8, 4) is 6.07 Å². The molecule has 1 fully saturated rings. The summed E-state index contributed by atoms with van der Waals surface area (Å²) in [5, 5.41) is 11.3. The molecule has 0 aliphatic carbocycles. The van der Waals surface area contributed by atoms with Crippen molar-refractivity contribution in [3.05, 3.63) is 57.8 Å². The lowest BCUT2D eigenvalue weighted by atomic mass is 10.1. The van der Waals surface area contributed by atoms with Crippen LogP contribution in [-0.4, -0.2) is 46.3 Å². The zero-order chi connectivity index (χ0) is 23.7. The molecule has 170 valence electrons. The van der Waals surface area contributed by atoms with Crippen molar-refractivity contribution in [2.75, 3.05) is 13.1 Å². The summed E-state index contributed by atoms with van der Waals surface area (Å²) in [4.78, 5) is 25.3. The molecule has 2 amide bonds. The second kappa shape index (κ2) is 8.90. The third-order valence-electron chi connectivity index (χ3n) is 4.88. The monoisotopic (exact) mass is 518 g/mol. The van der Waals surface area contributed by atoms with Gasteiger partial charge in [0.15, 0.2) is 0 Å². The number of hydrogen-bond donors (Lipinski definition) is 1. The van der Waals surface area contributed by atoms with Crippen LogP contribution < -0.4 is 5.32 Å². The molecule has 32 heavy (non-hydrogen) atoms. The first-order valence-corrected chi connectivity index (χ1v) is 10.1. The van der Waals surface area contributed by atoms with Gasteiger partial charge in [0, 0.05) is 19.2 Å². The molecule has 0 radical (unpaired) electrons. The van der Waals surface area contributed by atoms with Crippen LogP contribution in [0.2, 0.25) is 0 Å². The fraction of sp³-hybridized carbons (Fsp3) is 0.350. The van der Waals surface area contributed by atoms with Gasteiger partial charge in [-0.3, -0.25) is 9.59 Å². The first-order valence-electron chi connectivity index (χ1n) is 9.26. The highest BCUT2D eigenvalue weighted by atomic mass is 79.9. The Hall–Kier alpha value is -2.94. The number of alkyl halides is 5. The molecular weight excluding hydrogens is 503 g/mol. The standard InChI is InChI=1S/C20H16BrF5N4O2/c21-16-5-13(10-29(16)9-12-1-3-14(4-2-12)20(24,25)26)18(32)28-8-17(31)30-11-19(22,23)6-15(30)7-27/h1-5,10,15H,6,8-9,11H2,(H,28,32)/t15-/m0/s1. The van der Waals surface area contributed by atoms with Gasteiger partial charge in [0.25, 0.3) is 11.8 Å². The van der Waals surface area contributed by atoms with Crippen LogP contribution in [0.1, 0.15) is 27.9 Å². The molecule has 12 heteroatoms. The number of amides is 2. The quantitative estimate of drug-likeness (QED) is 0.611. The van der Waals surface area contributed by atoms with E-state index in [0.29, 0.717) is 10.2 Å². The van der Waals surface area contributed by atoms with E-state index in [1.54, 1.807) is 10.6 Å². The number of likely N-dealkylation sites (tertiary alicyclic amines) is 1. The van der Waals surface area contributed by atoms with Crippen molar-refractivity contribution in [1.82, 2.24) is 14.8 Å². The average molecular weight is 519 g/mol. The number of halogens is 6. The van der Waals surface area contributed by atoms with Crippen molar-refractivity contribution in [3.63, 3.8) is 0 Å². The Morgan fingerprint density at radius 2 is 1.91 bits per heavy atom. The number of nitriles is 1. The molecule has 0 spiro atoms. The number of benzene rings is 1. The third kappa shape index (κ3) is 5.45. The minimum Gasteiger partial charge on any atom is -0.343 e. The van der Waals surface area contributed by atoms with Crippen LogP contribution in [0.5, 0.6) is 0 Å². The van der Waals surface area contributed by atoms with Crippen LogP contribution in [0.25, 0.3) is 0 Å². The smallest absolute Gasteiger partial charge is 0.343 e. The summed E-state index contributed by atoms with van der Waals surface area (Å²) in [6.07, 6.45) is -3.75. The van der Waals surface area contributed by atoms with Crippen LogP contribution in [-0.2, 0) is 17.5 Å². The van der Waals surface area contributed by atoms with Gasteiger partial charge in [-0.2, -0.15) is 18.4 Å². The largest absolute Gasteiger partial charge is 0.416 e. The van der Waals surface area contributed by atoms with E-state index >= 15 is 0 Å². The number of carbonyl (C=O) groups is 2. The van der Waals surface area contributed by atoms with Gasteiger partial charge in [-0.1, -0.05) is 12.1 Å². The van der Waals surface area contributed by atoms with E-state index in [0.717, 1.165) is 17.0 Å². The Labute approximate surface area is 187 Å². The van der Waals surface area contributed by atoms with Gasteiger partial charge < -0.3 is 14.8 Å². The summed E-state index contributed by atoms with van der Waals surface area (Å²) in [5.41, 5.74) is -0.0546. The number of nitrogens with zero attached hydrogens (tertiary/aromatic N) is 3. The minimum absolute atomic E-state index is 0.153. The van der Waals surface area contributed by atoms with E-state index in [-0.39, 0.29) is 12.1 Å². The molecule has 1 aliphatic rings. The van der Waals surface area contributed by atoms with Gasteiger partial charge in [0.1, 0.15) is 6.04 Å². The van der Waals surface area contributed by atoms with Crippen molar-refractivity contribution in [2.45, 2.75) is 31.1 Å². The lowest BCUT2D eigenvalue weighted by Gasteiger charge is -2.19. The summed E-state index contributed by atoms with van der Waals surface area (Å²) in [6.45, 7) is -1.26. The third-order valence-corrected chi connectivity index (χ3v) is 5.56. The van der Waals surface area contributed by atoms with Gasteiger partial charge in [0.2, 0.25) is 5.91 Å². The normalized spacial score (nSPS) is 17.8. The van der Waals surface area contributed by atoms with Crippen LogP contribution >= 0.6 is 15.9 Å². The molecule has 1 aromatic heterocycles. The first kappa shape index (κ1) is 23.7. The number of carbonyl (C=O) groups excluding carboxylic acids is 2. The predicted octanol–water partition coefficient (Wildman–Crippen LogP) is 3.81. The lowest BCUT2D eigenvalue weighted by molar-refractivity contribution is -0.137. The molecule has 0 bridgehead atoms. The Morgan fingerprint density at radius 3 is 2.50 bits per heavy atom. The van der Waals surface area contributed by atoms with Crippen LogP contribution in [0, 0.1) is 11.3 Å². The highest BCUT2D eigenvalue weighted by Crippen LogP contribution is 2.32. The van der Waals surface area contributed by atoms with E-state index in [9.17, 15) is 31.5 Å². The van der Waals surface area contributed by atoms with Crippen molar-refractivity contribution in [1.29, 1.82) is 5.26 Å². The van der Waals surface area contributed by atoms with E-state index in [4.69, 9.17) is 5.26 Å². The van der Waals surface area contributed by atoms with Gasteiger partial charge in [-0.05, 0) is 39.7 Å². The van der Waals surface area contributed by atoms with Gasteiger partial charge in [0.05, 0.1) is 34.9 Å². The molecule has 3 rings (SSSR count). The Kier molecular flexibility index (Phi) is 6.59. The lowest BCUT2D eigenvalue weighted by Crippen LogP contribution is -2.42. The van der Waals surface area contributed by atoms with Crippen molar-refractivity contribution < 1.29 is 31.5 Å². The van der Waals surface area contributed by atoms with E-state index in [1.807, 2.05) is 0 Å². The number of hydrogen-bond acceptors (Lipinski definition) is 3. The maximum atomic E-state index is 13.5. The van der Waals surface area contributed by atoms with Crippen LogP contribution in [0.3, 0.4) is 0 Å². The average Bonchev–Trinajstić information content (AvgIpc) is 3.24. The van der Waals surface area contributed by atoms with Gasteiger partial charge in [-0.15, -0.1) is 0 Å². The van der Waals surface area contributed by atoms with Crippen LogP contribution in [0.4, 0.5) is 22.0 Å². The molecule has 6 nitrogen and oxygen atoms in total. The Balaban J connectivity index is 1.61. The second-order valence-electron chi connectivity index (χ2n) is 7.28. The molecule has 2 aromatic rings. The van der Waals surface area contributed by atoms with Crippen molar-refractivity contribution >= 4 is 27.7 Å². The number of rotatable bonds is 5. The molecule has 2 heterocycles. The molecule has 1 N–H and O–H groups in total. The highest BCUT2D eigenvalue weighted by molar-refractivity contribution is 9.10. The molecular formula is C20H16BrF5N4O2. The zero-order valence-corrected chi connectivity index (χ0v) is 17.9. The maximum Gasteiger partial charge on any atom is 0.416 e. The number of aromatic nitrogens is 1. The predicted molar refractivity (Wildman–Crippen MR) is 106 cm³/mol.